The minimum absolute atomic E-state index is 0.0333. The van der Waals surface area contributed by atoms with E-state index in [1.165, 1.54) is 29.4 Å². The molecule has 4 amide bonds. The summed E-state index contributed by atoms with van der Waals surface area (Å²) in [6.07, 6.45) is 2.54. The molecule has 0 bridgehead atoms. The first kappa shape index (κ1) is 24.3. The second kappa shape index (κ2) is 8.75. The van der Waals surface area contributed by atoms with Gasteiger partial charge in [-0.3, -0.25) is 14.9 Å². The molecule has 0 saturated carbocycles. The summed E-state index contributed by atoms with van der Waals surface area (Å²) < 4.78 is 0. The summed E-state index contributed by atoms with van der Waals surface area (Å²) >= 11 is 12.2. The van der Waals surface area contributed by atoms with Gasteiger partial charge in [0.2, 0.25) is 0 Å². The van der Waals surface area contributed by atoms with Crippen molar-refractivity contribution in [3.63, 3.8) is 0 Å². The fourth-order valence-electron chi connectivity index (χ4n) is 5.10. The molecule has 178 valence electrons. The van der Waals surface area contributed by atoms with Gasteiger partial charge in [-0.1, -0.05) is 30.1 Å². The normalized spacial score (nSPS) is 21.1. The molecular formula is C26H27Cl2N3O3. The second-order valence-corrected chi connectivity index (χ2v) is 10.3. The van der Waals surface area contributed by atoms with E-state index in [4.69, 9.17) is 23.2 Å². The molecule has 1 atom stereocenters. The SMILES string of the molecule is CCN1c2cc(C)c(/C=C3\C(=O)NC(=O)N(c4ccc(Cl)cc4Cl)C3=O)cc2[C@@H](C)CC1(C)C. The number of amides is 4. The molecule has 0 radical (unpaired) electrons. The number of nitrogens with one attached hydrogen (secondary N) is 1. The summed E-state index contributed by atoms with van der Waals surface area (Å²) in [5.41, 5.74) is 4.10. The van der Waals surface area contributed by atoms with Crippen LogP contribution in [0, 0.1) is 6.92 Å². The van der Waals surface area contributed by atoms with Crippen LogP contribution in [0.1, 0.15) is 56.7 Å². The number of urea groups is 1. The average Bonchev–Trinajstić information content (AvgIpc) is 2.72. The van der Waals surface area contributed by atoms with Crippen molar-refractivity contribution in [2.45, 2.75) is 52.5 Å². The number of carbonyl (C=O) groups excluding carboxylic acids is 3. The van der Waals surface area contributed by atoms with Crippen LogP contribution in [-0.4, -0.2) is 29.9 Å². The fraction of sp³-hybridized carbons (Fsp3) is 0.346. The van der Waals surface area contributed by atoms with E-state index < -0.39 is 17.8 Å². The number of rotatable bonds is 3. The van der Waals surface area contributed by atoms with Gasteiger partial charge in [0.15, 0.2) is 0 Å². The van der Waals surface area contributed by atoms with Gasteiger partial charge in [0.1, 0.15) is 5.57 Å². The maximum absolute atomic E-state index is 13.3. The smallest absolute Gasteiger partial charge is 0.335 e. The first-order valence-electron chi connectivity index (χ1n) is 11.2. The van der Waals surface area contributed by atoms with Crippen molar-refractivity contribution < 1.29 is 14.4 Å². The van der Waals surface area contributed by atoms with Crippen LogP contribution in [0.5, 0.6) is 0 Å². The molecule has 2 heterocycles. The molecule has 2 aliphatic heterocycles. The highest BCUT2D eigenvalue weighted by Gasteiger charge is 2.39. The summed E-state index contributed by atoms with van der Waals surface area (Å²) in [5, 5.41) is 2.75. The Morgan fingerprint density at radius 3 is 2.47 bits per heavy atom. The lowest BCUT2D eigenvalue weighted by atomic mass is 9.79. The molecule has 0 unspecified atom stereocenters. The third-order valence-electron chi connectivity index (χ3n) is 6.64. The van der Waals surface area contributed by atoms with E-state index in [-0.39, 0.29) is 21.8 Å². The first-order valence-corrected chi connectivity index (χ1v) is 12.0. The maximum atomic E-state index is 13.3. The number of imide groups is 2. The fourth-order valence-corrected chi connectivity index (χ4v) is 5.59. The minimum atomic E-state index is -0.854. The Hall–Kier alpha value is -2.83. The van der Waals surface area contributed by atoms with Crippen LogP contribution < -0.4 is 15.1 Å². The van der Waals surface area contributed by atoms with E-state index in [2.05, 4.69) is 50.0 Å². The molecule has 1 N–H and O–H groups in total. The third kappa shape index (κ3) is 4.10. The Kier molecular flexibility index (Phi) is 6.25. The summed E-state index contributed by atoms with van der Waals surface area (Å²) in [4.78, 5) is 41.8. The first-order chi connectivity index (χ1) is 15.9. The average molecular weight is 500 g/mol. The minimum Gasteiger partial charge on any atom is -0.366 e. The summed E-state index contributed by atoms with van der Waals surface area (Å²) in [5.74, 6) is -1.16. The standard InChI is InChI=1S/C26H27Cl2N3O3/c1-6-30-22-9-14(2)16(10-18(22)15(3)13-26(30,4)5)11-19-23(32)29-25(34)31(24(19)33)21-8-7-17(27)12-20(21)28/h7-12,15H,6,13H2,1-5H3,(H,29,32,34)/b19-11+/t15-/m0/s1. The highest BCUT2D eigenvalue weighted by molar-refractivity contribution is 6.42. The molecule has 4 rings (SSSR count). The number of benzene rings is 2. The predicted molar refractivity (Wildman–Crippen MR) is 137 cm³/mol. The Balaban J connectivity index is 1.79. The lowest BCUT2D eigenvalue weighted by Gasteiger charge is -2.47. The number of fused-ring (bicyclic) bond motifs is 1. The number of barbiturate groups is 1. The molecule has 0 spiro atoms. The van der Waals surface area contributed by atoms with Crippen molar-refractivity contribution in [3.8, 4) is 0 Å². The second-order valence-electron chi connectivity index (χ2n) is 9.48. The van der Waals surface area contributed by atoms with Crippen LogP contribution in [0.15, 0.2) is 35.9 Å². The number of aryl methyl sites for hydroxylation is 1. The van der Waals surface area contributed by atoms with E-state index in [0.717, 1.165) is 29.0 Å². The monoisotopic (exact) mass is 499 g/mol. The van der Waals surface area contributed by atoms with Crippen molar-refractivity contribution in [3.05, 3.63) is 62.6 Å². The van der Waals surface area contributed by atoms with Gasteiger partial charge >= 0.3 is 6.03 Å². The predicted octanol–water partition coefficient (Wildman–Crippen LogP) is 6.08. The van der Waals surface area contributed by atoms with E-state index in [0.29, 0.717) is 10.9 Å². The molecular weight excluding hydrogens is 473 g/mol. The molecule has 0 aromatic heterocycles. The van der Waals surface area contributed by atoms with Crippen molar-refractivity contribution >= 4 is 58.5 Å². The number of carbonyl (C=O) groups is 3. The molecule has 2 aromatic carbocycles. The van der Waals surface area contributed by atoms with Crippen LogP contribution in [-0.2, 0) is 9.59 Å². The van der Waals surface area contributed by atoms with Crippen LogP contribution in [0.2, 0.25) is 10.0 Å². The van der Waals surface area contributed by atoms with Gasteiger partial charge in [-0.2, -0.15) is 0 Å². The van der Waals surface area contributed by atoms with Gasteiger partial charge in [0.25, 0.3) is 11.8 Å². The molecule has 1 fully saturated rings. The number of hydrogen-bond donors (Lipinski definition) is 1. The highest BCUT2D eigenvalue weighted by Crippen LogP contribution is 2.44. The van der Waals surface area contributed by atoms with Crippen molar-refractivity contribution in [1.29, 1.82) is 0 Å². The quantitative estimate of drug-likeness (QED) is 0.410. The zero-order chi connectivity index (χ0) is 24.9. The van der Waals surface area contributed by atoms with Gasteiger partial charge in [0, 0.05) is 22.8 Å². The Labute approximate surface area is 209 Å². The lowest BCUT2D eigenvalue weighted by Crippen LogP contribution is -2.54. The summed E-state index contributed by atoms with van der Waals surface area (Å²) in [6, 6.07) is 7.76. The molecule has 1 saturated heterocycles. The van der Waals surface area contributed by atoms with Crippen LogP contribution in [0.3, 0.4) is 0 Å². The highest BCUT2D eigenvalue weighted by atomic mass is 35.5. The largest absolute Gasteiger partial charge is 0.366 e. The molecule has 8 heteroatoms. The number of nitrogens with zero attached hydrogens (tertiary/aromatic N) is 2. The van der Waals surface area contributed by atoms with Gasteiger partial charge in [-0.05, 0) is 93.1 Å². The van der Waals surface area contributed by atoms with Crippen molar-refractivity contribution in [1.82, 2.24) is 5.32 Å². The molecule has 2 aromatic rings. The summed E-state index contributed by atoms with van der Waals surface area (Å²) in [6.45, 7) is 11.7. The van der Waals surface area contributed by atoms with Gasteiger partial charge in [0.05, 0.1) is 10.7 Å². The summed E-state index contributed by atoms with van der Waals surface area (Å²) in [7, 11) is 0. The van der Waals surface area contributed by atoms with Gasteiger partial charge < -0.3 is 4.90 Å². The molecule has 6 nitrogen and oxygen atoms in total. The Morgan fingerprint density at radius 1 is 1.12 bits per heavy atom. The van der Waals surface area contributed by atoms with E-state index >= 15 is 0 Å². The van der Waals surface area contributed by atoms with E-state index in [1.54, 1.807) is 6.08 Å². The van der Waals surface area contributed by atoms with Gasteiger partial charge in [-0.15, -0.1) is 0 Å². The third-order valence-corrected chi connectivity index (χ3v) is 7.18. The van der Waals surface area contributed by atoms with Crippen LogP contribution in [0.4, 0.5) is 16.2 Å². The molecule has 0 aliphatic carbocycles. The van der Waals surface area contributed by atoms with Crippen LogP contribution >= 0.6 is 23.2 Å². The number of anilines is 2. The van der Waals surface area contributed by atoms with Crippen molar-refractivity contribution in [2.75, 3.05) is 16.3 Å². The maximum Gasteiger partial charge on any atom is 0.335 e. The molecule has 34 heavy (non-hydrogen) atoms. The molecule has 2 aliphatic rings. The number of hydrogen-bond acceptors (Lipinski definition) is 4. The zero-order valence-electron chi connectivity index (χ0n) is 19.8. The van der Waals surface area contributed by atoms with E-state index in [9.17, 15) is 14.4 Å². The zero-order valence-corrected chi connectivity index (χ0v) is 21.3. The van der Waals surface area contributed by atoms with E-state index in [1.807, 2.05) is 6.92 Å². The Morgan fingerprint density at radius 2 is 1.82 bits per heavy atom. The lowest BCUT2D eigenvalue weighted by molar-refractivity contribution is -0.122. The van der Waals surface area contributed by atoms with Gasteiger partial charge in [-0.25, -0.2) is 9.69 Å². The van der Waals surface area contributed by atoms with Crippen LogP contribution in [0.25, 0.3) is 6.08 Å². The Bertz CT molecular complexity index is 1250. The topological polar surface area (TPSA) is 69.7 Å². The number of halogens is 2. The van der Waals surface area contributed by atoms with Crippen molar-refractivity contribution in [2.24, 2.45) is 0 Å².